The monoisotopic (exact) mass is 266 g/mol. The summed E-state index contributed by atoms with van der Waals surface area (Å²) in [4.78, 5) is 15.6. The highest BCUT2D eigenvalue weighted by atomic mass is 32.2. The number of amides is 1. The van der Waals surface area contributed by atoms with E-state index in [0.29, 0.717) is 11.0 Å². The third kappa shape index (κ3) is 3.30. The minimum absolute atomic E-state index is 0.131. The molecule has 5 nitrogen and oxygen atoms in total. The molecule has 0 aliphatic carbocycles. The molecule has 0 spiro atoms. The summed E-state index contributed by atoms with van der Waals surface area (Å²) in [5.74, 6) is 0.0650. The number of carbonyl (C=O) groups is 1. The van der Waals surface area contributed by atoms with Gasteiger partial charge in [0.1, 0.15) is 11.6 Å². The van der Waals surface area contributed by atoms with Crippen LogP contribution in [0.1, 0.15) is 5.82 Å². The number of aromatic amines is 1. The average Bonchev–Trinajstić information content (AvgIpc) is 2.76. The van der Waals surface area contributed by atoms with Crippen molar-refractivity contribution in [2.75, 3.05) is 11.1 Å². The molecule has 0 saturated carbocycles. The number of aryl methyl sites for hydroxylation is 1. The number of aromatic nitrogens is 3. The van der Waals surface area contributed by atoms with Crippen LogP contribution in [-0.4, -0.2) is 26.8 Å². The van der Waals surface area contributed by atoms with Crippen LogP contribution in [0.4, 0.5) is 10.1 Å². The third-order valence-electron chi connectivity index (χ3n) is 2.06. The molecule has 0 saturated heterocycles. The van der Waals surface area contributed by atoms with E-state index < -0.39 is 5.82 Å². The molecule has 94 valence electrons. The number of para-hydroxylation sites is 1. The number of anilines is 1. The van der Waals surface area contributed by atoms with Crippen LogP contribution in [0.15, 0.2) is 29.4 Å². The molecule has 0 atom stereocenters. The smallest absolute Gasteiger partial charge is 0.234 e. The Bertz CT molecular complexity index is 557. The Labute approximate surface area is 107 Å². The quantitative estimate of drug-likeness (QED) is 0.830. The number of H-pyrrole nitrogens is 1. The molecule has 1 aromatic heterocycles. The first kappa shape index (κ1) is 12.6. The normalized spacial score (nSPS) is 10.3. The second-order valence-electron chi connectivity index (χ2n) is 3.52. The minimum atomic E-state index is -0.454. The first-order valence-electron chi connectivity index (χ1n) is 5.21. The summed E-state index contributed by atoms with van der Waals surface area (Å²) in [5.41, 5.74) is 0.175. The van der Waals surface area contributed by atoms with Crippen molar-refractivity contribution in [3.05, 3.63) is 35.9 Å². The average molecular weight is 266 g/mol. The highest BCUT2D eigenvalue weighted by molar-refractivity contribution is 7.99. The van der Waals surface area contributed by atoms with Gasteiger partial charge < -0.3 is 5.32 Å². The van der Waals surface area contributed by atoms with E-state index in [1.807, 2.05) is 0 Å². The van der Waals surface area contributed by atoms with Crippen molar-refractivity contribution in [2.24, 2.45) is 0 Å². The van der Waals surface area contributed by atoms with Crippen molar-refractivity contribution >= 4 is 23.4 Å². The first-order chi connectivity index (χ1) is 8.65. The standard InChI is InChI=1S/C11H11FN4OS/c1-7-13-11(16-15-7)18-6-10(17)14-9-5-3-2-4-8(9)12/h2-5H,6H2,1H3,(H,14,17)(H,13,15,16). The fourth-order valence-corrected chi connectivity index (χ4v) is 1.91. The van der Waals surface area contributed by atoms with Crippen LogP contribution in [0, 0.1) is 12.7 Å². The van der Waals surface area contributed by atoms with E-state index in [1.165, 1.54) is 23.9 Å². The van der Waals surface area contributed by atoms with Gasteiger partial charge in [0.05, 0.1) is 11.4 Å². The van der Waals surface area contributed by atoms with E-state index in [0.717, 1.165) is 0 Å². The largest absolute Gasteiger partial charge is 0.323 e. The molecule has 1 heterocycles. The maximum atomic E-state index is 13.3. The van der Waals surface area contributed by atoms with Gasteiger partial charge in [0, 0.05) is 0 Å². The van der Waals surface area contributed by atoms with Crippen molar-refractivity contribution in [1.82, 2.24) is 15.2 Å². The van der Waals surface area contributed by atoms with Gasteiger partial charge in [-0.3, -0.25) is 9.89 Å². The van der Waals surface area contributed by atoms with Crippen molar-refractivity contribution in [3.63, 3.8) is 0 Å². The van der Waals surface area contributed by atoms with Crippen LogP contribution in [-0.2, 0) is 4.79 Å². The lowest BCUT2D eigenvalue weighted by Crippen LogP contribution is -2.15. The zero-order chi connectivity index (χ0) is 13.0. The van der Waals surface area contributed by atoms with Gasteiger partial charge in [0.25, 0.3) is 0 Å². The Morgan fingerprint density at radius 3 is 2.94 bits per heavy atom. The van der Waals surface area contributed by atoms with Crippen molar-refractivity contribution in [2.45, 2.75) is 12.1 Å². The summed E-state index contributed by atoms with van der Waals surface area (Å²) in [5, 5.41) is 9.55. The molecule has 0 aliphatic heterocycles. The van der Waals surface area contributed by atoms with Crippen LogP contribution in [0.5, 0.6) is 0 Å². The highest BCUT2D eigenvalue weighted by Crippen LogP contribution is 2.15. The fourth-order valence-electron chi connectivity index (χ4n) is 1.27. The number of nitrogens with zero attached hydrogens (tertiary/aromatic N) is 2. The lowest BCUT2D eigenvalue weighted by atomic mass is 10.3. The zero-order valence-electron chi connectivity index (χ0n) is 9.61. The van der Waals surface area contributed by atoms with E-state index >= 15 is 0 Å². The van der Waals surface area contributed by atoms with Gasteiger partial charge in [-0.2, -0.15) is 0 Å². The van der Waals surface area contributed by atoms with Gasteiger partial charge in [-0.05, 0) is 19.1 Å². The molecule has 0 aliphatic rings. The van der Waals surface area contributed by atoms with Crippen LogP contribution in [0.3, 0.4) is 0 Å². The van der Waals surface area contributed by atoms with Gasteiger partial charge >= 0.3 is 0 Å². The maximum Gasteiger partial charge on any atom is 0.234 e. The summed E-state index contributed by atoms with van der Waals surface area (Å²) < 4.78 is 13.3. The molecule has 7 heteroatoms. The summed E-state index contributed by atoms with van der Waals surface area (Å²) in [7, 11) is 0. The maximum absolute atomic E-state index is 13.3. The molecule has 2 aromatic rings. The fraction of sp³-hybridized carbons (Fsp3) is 0.182. The van der Waals surface area contributed by atoms with Crippen molar-refractivity contribution < 1.29 is 9.18 Å². The molecule has 0 fully saturated rings. The van der Waals surface area contributed by atoms with Gasteiger partial charge in [-0.15, -0.1) is 5.10 Å². The van der Waals surface area contributed by atoms with Gasteiger partial charge in [-0.1, -0.05) is 23.9 Å². The number of hydrogen-bond acceptors (Lipinski definition) is 4. The number of nitrogens with one attached hydrogen (secondary N) is 2. The van der Waals surface area contributed by atoms with E-state index in [-0.39, 0.29) is 17.3 Å². The Morgan fingerprint density at radius 2 is 2.28 bits per heavy atom. The molecule has 1 aromatic carbocycles. The second-order valence-corrected chi connectivity index (χ2v) is 4.46. The van der Waals surface area contributed by atoms with E-state index in [9.17, 15) is 9.18 Å². The summed E-state index contributed by atoms with van der Waals surface area (Å²) in [6, 6.07) is 6.02. The zero-order valence-corrected chi connectivity index (χ0v) is 10.4. The Balaban J connectivity index is 1.88. The van der Waals surface area contributed by atoms with Crippen LogP contribution < -0.4 is 5.32 Å². The van der Waals surface area contributed by atoms with Gasteiger partial charge in [0.2, 0.25) is 11.1 Å². The molecule has 18 heavy (non-hydrogen) atoms. The number of carbonyl (C=O) groups excluding carboxylic acids is 1. The van der Waals surface area contributed by atoms with Crippen LogP contribution >= 0.6 is 11.8 Å². The van der Waals surface area contributed by atoms with Gasteiger partial charge in [-0.25, -0.2) is 9.37 Å². The SMILES string of the molecule is Cc1nc(SCC(=O)Nc2ccccc2F)n[nH]1. The first-order valence-corrected chi connectivity index (χ1v) is 6.20. The van der Waals surface area contributed by atoms with E-state index in [4.69, 9.17) is 0 Å². The lowest BCUT2D eigenvalue weighted by Gasteiger charge is -2.04. The van der Waals surface area contributed by atoms with E-state index in [1.54, 1.807) is 19.1 Å². The molecule has 2 rings (SSSR count). The van der Waals surface area contributed by atoms with Crippen LogP contribution in [0.2, 0.25) is 0 Å². The number of halogens is 1. The molecule has 0 unspecified atom stereocenters. The molecule has 0 radical (unpaired) electrons. The minimum Gasteiger partial charge on any atom is -0.323 e. The number of benzene rings is 1. The lowest BCUT2D eigenvalue weighted by molar-refractivity contribution is -0.113. The van der Waals surface area contributed by atoms with Crippen molar-refractivity contribution in [3.8, 4) is 0 Å². The molecular weight excluding hydrogens is 255 g/mol. The summed E-state index contributed by atoms with van der Waals surface area (Å²) >= 11 is 1.19. The topological polar surface area (TPSA) is 70.7 Å². The Morgan fingerprint density at radius 1 is 1.50 bits per heavy atom. The summed E-state index contributed by atoms with van der Waals surface area (Å²) in [6.07, 6.45) is 0. The molecule has 0 bridgehead atoms. The van der Waals surface area contributed by atoms with Gasteiger partial charge in [0.15, 0.2) is 0 Å². The van der Waals surface area contributed by atoms with Crippen LogP contribution in [0.25, 0.3) is 0 Å². The Kier molecular flexibility index (Phi) is 3.93. The third-order valence-corrected chi connectivity index (χ3v) is 2.90. The molecular formula is C11H11FN4OS. The van der Waals surface area contributed by atoms with E-state index in [2.05, 4.69) is 20.5 Å². The Hall–Kier alpha value is -1.89. The predicted molar refractivity (Wildman–Crippen MR) is 66.9 cm³/mol. The van der Waals surface area contributed by atoms with Crippen molar-refractivity contribution in [1.29, 1.82) is 0 Å². The second kappa shape index (κ2) is 5.63. The number of thioether (sulfide) groups is 1. The summed E-state index contributed by atoms with van der Waals surface area (Å²) in [6.45, 7) is 1.77. The highest BCUT2D eigenvalue weighted by Gasteiger charge is 2.08. The predicted octanol–water partition coefficient (Wildman–Crippen LogP) is 1.98. The molecule has 2 N–H and O–H groups in total. The number of hydrogen-bond donors (Lipinski definition) is 2. The molecule has 1 amide bonds. The number of rotatable bonds is 4.